The molecule has 0 atom stereocenters. The lowest BCUT2D eigenvalue weighted by atomic mass is 10.1. The summed E-state index contributed by atoms with van der Waals surface area (Å²) in [6.07, 6.45) is 0.672. The van der Waals surface area contributed by atoms with E-state index in [-0.39, 0.29) is 23.0 Å². The number of nitrogens with zero attached hydrogens (tertiary/aromatic N) is 1. The van der Waals surface area contributed by atoms with E-state index in [4.69, 9.17) is 0 Å². The van der Waals surface area contributed by atoms with Gasteiger partial charge in [0.05, 0.1) is 5.69 Å². The van der Waals surface area contributed by atoms with E-state index in [0.717, 1.165) is 5.56 Å². The molecule has 4 nitrogen and oxygen atoms in total. The van der Waals surface area contributed by atoms with Crippen molar-refractivity contribution in [3.63, 3.8) is 0 Å². The van der Waals surface area contributed by atoms with Crippen LogP contribution in [0.15, 0.2) is 36.4 Å². The number of anilines is 1. The summed E-state index contributed by atoms with van der Waals surface area (Å²) in [6, 6.07) is 8.26. The lowest BCUT2D eigenvalue weighted by Gasteiger charge is -2.17. The summed E-state index contributed by atoms with van der Waals surface area (Å²) >= 11 is 0. The molecule has 2 N–H and O–H groups in total. The van der Waals surface area contributed by atoms with Gasteiger partial charge in [0.2, 0.25) is 0 Å². The molecule has 0 saturated heterocycles. The van der Waals surface area contributed by atoms with Crippen LogP contribution in [0.4, 0.5) is 10.1 Å². The number of hydrogen-bond donors (Lipinski definition) is 2. The molecule has 1 heterocycles. The number of rotatable bonds is 1. The van der Waals surface area contributed by atoms with Crippen LogP contribution in [0.25, 0.3) is 0 Å². The van der Waals surface area contributed by atoms with E-state index >= 15 is 0 Å². The third kappa shape index (κ3) is 1.97. The zero-order valence-corrected chi connectivity index (χ0v) is 10.5. The molecular formula is C15H12FNO3. The summed E-state index contributed by atoms with van der Waals surface area (Å²) < 4.78 is 13.3. The number of fused-ring (bicyclic) bond motifs is 1. The largest absolute Gasteiger partial charge is 0.504 e. The summed E-state index contributed by atoms with van der Waals surface area (Å²) in [4.78, 5) is 13.9. The maximum Gasteiger partial charge on any atom is 0.258 e. The predicted molar refractivity (Wildman–Crippen MR) is 71.6 cm³/mol. The van der Waals surface area contributed by atoms with Crippen LogP contribution in [0, 0.1) is 5.82 Å². The molecular weight excluding hydrogens is 261 g/mol. The van der Waals surface area contributed by atoms with Crippen LogP contribution in [0.1, 0.15) is 15.9 Å². The van der Waals surface area contributed by atoms with E-state index in [9.17, 15) is 19.4 Å². The molecule has 3 rings (SSSR count). The van der Waals surface area contributed by atoms with E-state index in [0.29, 0.717) is 18.7 Å². The number of aromatic hydroxyl groups is 2. The van der Waals surface area contributed by atoms with Crippen LogP contribution in [-0.2, 0) is 6.42 Å². The standard InChI is InChI=1S/C15H12FNO3/c16-11-3-1-9-5-6-17(12(9)8-11)15(20)10-2-4-13(18)14(19)7-10/h1-4,7-8,18-19H,5-6H2. The van der Waals surface area contributed by atoms with Gasteiger partial charge in [0, 0.05) is 12.1 Å². The molecule has 0 saturated carbocycles. The molecule has 0 bridgehead atoms. The van der Waals surface area contributed by atoms with Gasteiger partial charge in [-0.1, -0.05) is 6.07 Å². The summed E-state index contributed by atoms with van der Waals surface area (Å²) in [7, 11) is 0. The van der Waals surface area contributed by atoms with Gasteiger partial charge in [0.15, 0.2) is 11.5 Å². The van der Waals surface area contributed by atoms with Gasteiger partial charge in [0.25, 0.3) is 5.91 Å². The highest BCUT2D eigenvalue weighted by Gasteiger charge is 2.26. The molecule has 2 aromatic rings. The molecule has 0 spiro atoms. The first-order chi connectivity index (χ1) is 9.56. The summed E-state index contributed by atoms with van der Waals surface area (Å²) in [5.41, 5.74) is 1.72. The molecule has 5 heteroatoms. The van der Waals surface area contributed by atoms with Crippen LogP contribution in [0.5, 0.6) is 11.5 Å². The van der Waals surface area contributed by atoms with Crippen molar-refractivity contribution in [3.8, 4) is 11.5 Å². The first-order valence-electron chi connectivity index (χ1n) is 6.18. The fourth-order valence-electron chi connectivity index (χ4n) is 2.38. The third-order valence-electron chi connectivity index (χ3n) is 3.41. The molecule has 1 aliphatic rings. The molecule has 20 heavy (non-hydrogen) atoms. The molecule has 0 aliphatic carbocycles. The van der Waals surface area contributed by atoms with Gasteiger partial charge in [0.1, 0.15) is 5.82 Å². The normalized spacial score (nSPS) is 13.3. The lowest BCUT2D eigenvalue weighted by Crippen LogP contribution is -2.28. The first kappa shape index (κ1) is 12.5. The third-order valence-corrected chi connectivity index (χ3v) is 3.41. The number of phenols is 2. The maximum absolute atomic E-state index is 13.3. The van der Waals surface area contributed by atoms with Crippen molar-refractivity contribution in [2.45, 2.75) is 6.42 Å². The average molecular weight is 273 g/mol. The Hall–Kier alpha value is -2.56. The minimum atomic E-state index is -0.392. The van der Waals surface area contributed by atoms with Crippen LogP contribution in [0.2, 0.25) is 0 Å². The highest BCUT2D eigenvalue weighted by atomic mass is 19.1. The maximum atomic E-state index is 13.3. The molecule has 0 aromatic heterocycles. The smallest absolute Gasteiger partial charge is 0.258 e. The van der Waals surface area contributed by atoms with E-state index in [1.54, 1.807) is 6.07 Å². The number of amides is 1. The van der Waals surface area contributed by atoms with Gasteiger partial charge < -0.3 is 15.1 Å². The monoisotopic (exact) mass is 273 g/mol. The molecule has 1 aliphatic heterocycles. The van der Waals surface area contributed by atoms with Crippen molar-refractivity contribution in [1.29, 1.82) is 0 Å². The van der Waals surface area contributed by atoms with Crippen LogP contribution in [-0.4, -0.2) is 22.7 Å². The fourth-order valence-corrected chi connectivity index (χ4v) is 2.38. The van der Waals surface area contributed by atoms with Crippen molar-refractivity contribution in [1.82, 2.24) is 0 Å². The second-order valence-corrected chi connectivity index (χ2v) is 4.68. The van der Waals surface area contributed by atoms with Crippen molar-refractivity contribution >= 4 is 11.6 Å². The van der Waals surface area contributed by atoms with Crippen molar-refractivity contribution in [2.75, 3.05) is 11.4 Å². The number of carbonyl (C=O) groups is 1. The van der Waals surface area contributed by atoms with E-state index in [1.807, 2.05) is 0 Å². The fraction of sp³-hybridized carbons (Fsp3) is 0.133. The lowest BCUT2D eigenvalue weighted by molar-refractivity contribution is 0.0989. The Labute approximate surface area is 114 Å². The Bertz CT molecular complexity index is 700. The number of halogens is 1. The topological polar surface area (TPSA) is 60.8 Å². The van der Waals surface area contributed by atoms with Gasteiger partial charge in [-0.3, -0.25) is 4.79 Å². The molecule has 1 amide bonds. The highest BCUT2D eigenvalue weighted by molar-refractivity contribution is 6.07. The van der Waals surface area contributed by atoms with E-state index in [1.165, 1.54) is 35.2 Å². The van der Waals surface area contributed by atoms with Crippen molar-refractivity contribution in [3.05, 3.63) is 53.3 Å². The van der Waals surface area contributed by atoms with Gasteiger partial charge in [-0.2, -0.15) is 0 Å². The Kier molecular flexibility index (Phi) is 2.82. The van der Waals surface area contributed by atoms with Crippen LogP contribution < -0.4 is 4.90 Å². The predicted octanol–water partition coefficient (Wildman–Crippen LogP) is 2.44. The minimum Gasteiger partial charge on any atom is -0.504 e. The molecule has 102 valence electrons. The Morgan fingerprint density at radius 3 is 2.65 bits per heavy atom. The van der Waals surface area contributed by atoms with E-state index in [2.05, 4.69) is 0 Å². The Morgan fingerprint density at radius 1 is 1.10 bits per heavy atom. The highest BCUT2D eigenvalue weighted by Crippen LogP contribution is 2.31. The van der Waals surface area contributed by atoms with Gasteiger partial charge >= 0.3 is 0 Å². The zero-order chi connectivity index (χ0) is 14.3. The average Bonchev–Trinajstić information content (AvgIpc) is 2.84. The Balaban J connectivity index is 1.97. The summed E-state index contributed by atoms with van der Waals surface area (Å²) in [5.74, 6) is -1.36. The molecule has 0 radical (unpaired) electrons. The number of carbonyl (C=O) groups excluding carboxylic acids is 1. The molecule has 0 unspecified atom stereocenters. The molecule has 2 aromatic carbocycles. The quantitative estimate of drug-likeness (QED) is 0.784. The molecule has 0 fully saturated rings. The SMILES string of the molecule is O=C(c1ccc(O)c(O)c1)N1CCc2ccc(F)cc21. The van der Waals surface area contributed by atoms with Crippen LogP contribution in [0.3, 0.4) is 0 Å². The number of hydrogen-bond acceptors (Lipinski definition) is 3. The van der Waals surface area contributed by atoms with Crippen LogP contribution >= 0.6 is 0 Å². The zero-order valence-electron chi connectivity index (χ0n) is 10.5. The number of benzene rings is 2. The van der Waals surface area contributed by atoms with Gasteiger partial charge in [-0.05, 0) is 42.3 Å². The summed E-state index contributed by atoms with van der Waals surface area (Å²) in [5, 5.41) is 18.7. The van der Waals surface area contributed by atoms with Gasteiger partial charge in [-0.15, -0.1) is 0 Å². The second-order valence-electron chi connectivity index (χ2n) is 4.68. The number of phenolic OH excluding ortho intramolecular Hbond substituents is 2. The van der Waals surface area contributed by atoms with Crippen molar-refractivity contribution in [2.24, 2.45) is 0 Å². The second kappa shape index (κ2) is 4.52. The van der Waals surface area contributed by atoms with Gasteiger partial charge in [-0.25, -0.2) is 4.39 Å². The summed E-state index contributed by atoms with van der Waals surface area (Å²) in [6.45, 7) is 0.471. The minimum absolute atomic E-state index is 0.248. The van der Waals surface area contributed by atoms with E-state index < -0.39 is 5.82 Å². The van der Waals surface area contributed by atoms with Crippen molar-refractivity contribution < 1.29 is 19.4 Å². The first-order valence-corrected chi connectivity index (χ1v) is 6.18. The Morgan fingerprint density at radius 2 is 1.90 bits per heavy atom.